The van der Waals surface area contributed by atoms with E-state index in [1.54, 1.807) is 0 Å². The van der Waals surface area contributed by atoms with Gasteiger partial charge in [-0.05, 0) is 0 Å². The first-order valence-corrected chi connectivity index (χ1v) is 3.56. The van der Waals surface area contributed by atoms with Crippen molar-refractivity contribution in [1.82, 2.24) is 0 Å². The number of ether oxygens (including phenoxy) is 3. The van der Waals surface area contributed by atoms with E-state index in [9.17, 15) is 0 Å². The normalized spacial score (nSPS) is 32.7. The van der Waals surface area contributed by atoms with Crippen LogP contribution < -0.4 is 0 Å². The molecule has 2 saturated heterocycles. The Balaban J connectivity index is 1.78. The Morgan fingerprint density at radius 2 is 1.45 bits per heavy atom. The molecule has 0 aliphatic carbocycles. The van der Waals surface area contributed by atoms with Crippen LogP contribution in [-0.2, 0) is 14.2 Å². The minimum atomic E-state index is 0.0884. The zero-order valence-corrected chi connectivity index (χ0v) is 6.21. The first-order valence-electron chi connectivity index (χ1n) is 3.56. The molecule has 0 spiro atoms. The second-order valence-electron chi connectivity index (χ2n) is 2.68. The van der Waals surface area contributed by atoms with E-state index in [1.807, 2.05) is 0 Å². The van der Waals surface area contributed by atoms with Gasteiger partial charge in [-0.1, -0.05) is 13.2 Å². The molecule has 2 aliphatic rings. The summed E-state index contributed by atoms with van der Waals surface area (Å²) in [5.41, 5.74) is 0. The molecule has 60 valence electrons. The monoisotopic (exact) mass is 154 g/mol. The van der Waals surface area contributed by atoms with Gasteiger partial charge in [0.05, 0.1) is 13.2 Å². The summed E-state index contributed by atoms with van der Waals surface area (Å²) >= 11 is 0. The zero-order valence-electron chi connectivity index (χ0n) is 6.21. The number of rotatable bonds is 4. The smallest absolute Gasteiger partial charge is 0.138 e. The zero-order chi connectivity index (χ0) is 7.84. The Labute approximate surface area is 65.2 Å². The fraction of sp³-hybridized carbons (Fsp3) is 0.500. The summed E-state index contributed by atoms with van der Waals surface area (Å²) in [6.07, 6.45) is 0.177. The summed E-state index contributed by atoms with van der Waals surface area (Å²) in [6, 6.07) is 0. The minimum absolute atomic E-state index is 0.0884. The van der Waals surface area contributed by atoms with Crippen molar-refractivity contribution >= 4 is 0 Å². The van der Waals surface area contributed by atoms with Gasteiger partial charge in [0.25, 0.3) is 0 Å². The first-order chi connectivity index (χ1) is 5.27. The molecule has 2 rings (SSSR count). The molecule has 0 aromatic carbocycles. The molecule has 3 heteroatoms. The summed E-state index contributed by atoms with van der Waals surface area (Å²) in [7, 11) is 0. The molecule has 2 heterocycles. The number of epoxide rings is 2. The van der Waals surface area contributed by atoms with E-state index in [-0.39, 0.29) is 12.2 Å². The average Bonchev–Trinajstić information content (AvgIpc) is 2.84. The van der Waals surface area contributed by atoms with Crippen molar-refractivity contribution in [1.29, 1.82) is 0 Å². The fourth-order valence-electron chi connectivity index (χ4n) is 0.768. The minimum Gasteiger partial charge on any atom is -0.462 e. The molecule has 0 radical (unpaired) electrons. The van der Waals surface area contributed by atoms with Crippen molar-refractivity contribution in [2.75, 3.05) is 13.2 Å². The van der Waals surface area contributed by atoms with Gasteiger partial charge in [-0.25, -0.2) is 0 Å². The van der Waals surface area contributed by atoms with Gasteiger partial charge in [0, 0.05) is 0 Å². The second-order valence-corrected chi connectivity index (χ2v) is 2.68. The summed E-state index contributed by atoms with van der Waals surface area (Å²) < 4.78 is 15.2. The van der Waals surface area contributed by atoms with Crippen LogP contribution in [0.3, 0.4) is 0 Å². The lowest BCUT2D eigenvalue weighted by molar-refractivity contribution is 0.236. The fourth-order valence-corrected chi connectivity index (χ4v) is 0.768. The van der Waals surface area contributed by atoms with Gasteiger partial charge < -0.3 is 14.2 Å². The van der Waals surface area contributed by atoms with Crippen molar-refractivity contribution in [3.63, 3.8) is 0 Å². The van der Waals surface area contributed by atoms with E-state index in [4.69, 9.17) is 14.2 Å². The van der Waals surface area contributed by atoms with Crippen LogP contribution in [-0.4, -0.2) is 25.4 Å². The number of hydrogen-bond donors (Lipinski definition) is 0. The molecule has 2 atom stereocenters. The summed E-state index contributed by atoms with van der Waals surface area (Å²) in [5.74, 6) is 1.29. The SMILES string of the molecule is C=C(OC(=C)C1CO1)C1CO1. The summed E-state index contributed by atoms with van der Waals surface area (Å²) in [5, 5.41) is 0. The Morgan fingerprint density at radius 1 is 1.09 bits per heavy atom. The Kier molecular flexibility index (Phi) is 1.47. The van der Waals surface area contributed by atoms with Gasteiger partial charge in [0.1, 0.15) is 23.7 Å². The Hall–Kier alpha value is -0.800. The molecular weight excluding hydrogens is 144 g/mol. The van der Waals surface area contributed by atoms with Gasteiger partial charge in [-0.15, -0.1) is 0 Å². The average molecular weight is 154 g/mol. The van der Waals surface area contributed by atoms with E-state index in [2.05, 4.69) is 13.2 Å². The lowest BCUT2D eigenvalue weighted by atomic mass is 10.4. The molecular formula is C8H10O3. The second kappa shape index (κ2) is 2.36. The van der Waals surface area contributed by atoms with Crippen LogP contribution in [0.15, 0.2) is 24.7 Å². The number of hydrogen-bond acceptors (Lipinski definition) is 3. The predicted molar refractivity (Wildman–Crippen MR) is 38.8 cm³/mol. The van der Waals surface area contributed by atoms with Crippen molar-refractivity contribution in [3.8, 4) is 0 Å². The molecule has 2 fully saturated rings. The molecule has 0 aromatic heterocycles. The molecule has 11 heavy (non-hydrogen) atoms. The summed E-state index contributed by atoms with van der Waals surface area (Å²) in [4.78, 5) is 0. The highest BCUT2D eigenvalue weighted by atomic mass is 16.6. The third kappa shape index (κ3) is 1.61. The third-order valence-electron chi connectivity index (χ3n) is 1.65. The van der Waals surface area contributed by atoms with Crippen molar-refractivity contribution < 1.29 is 14.2 Å². The molecule has 0 aromatic rings. The van der Waals surface area contributed by atoms with Crippen LogP contribution in [0.25, 0.3) is 0 Å². The first kappa shape index (κ1) is 6.88. The molecule has 0 amide bonds. The van der Waals surface area contributed by atoms with E-state index in [0.29, 0.717) is 11.5 Å². The van der Waals surface area contributed by atoms with E-state index >= 15 is 0 Å². The highest BCUT2D eigenvalue weighted by molar-refractivity contribution is 5.08. The largest absolute Gasteiger partial charge is 0.462 e. The maximum Gasteiger partial charge on any atom is 0.138 e. The topological polar surface area (TPSA) is 34.3 Å². The molecule has 0 N–H and O–H groups in total. The summed E-state index contributed by atoms with van der Waals surface area (Å²) in [6.45, 7) is 8.85. The van der Waals surface area contributed by atoms with Crippen LogP contribution in [0.5, 0.6) is 0 Å². The van der Waals surface area contributed by atoms with Crippen LogP contribution >= 0.6 is 0 Å². The highest BCUT2D eigenvalue weighted by Gasteiger charge is 2.32. The van der Waals surface area contributed by atoms with Gasteiger partial charge in [-0.2, -0.15) is 0 Å². The Morgan fingerprint density at radius 3 is 1.73 bits per heavy atom. The lowest BCUT2D eigenvalue weighted by Crippen LogP contribution is -2.01. The van der Waals surface area contributed by atoms with Crippen LogP contribution in [0, 0.1) is 0 Å². The maximum absolute atomic E-state index is 5.26. The lowest BCUT2D eigenvalue weighted by Gasteiger charge is -2.05. The van der Waals surface area contributed by atoms with Crippen LogP contribution in [0.2, 0.25) is 0 Å². The third-order valence-corrected chi connectivity index (χ3v) is 1.65. The highest BCUT2D eigenvalue weighted by Crippen LogP contribution is 2.26. The van der Waals surface area contributed by atoms with E-state index in [0.717, 1.165) is 13.2 Å². The molecule has 0 saturated carbocycles. The maximum atomic E-state index is 5.26. The molecule has 0 bridgehead atoms. The van der Waals surface area contributed by atoms with Gasteiger partial charge in [0.2, 0.25) is 0 Å². The van der Waals surface area contributed by atoms with Crippen LogP contribution in [0.4, 0.5) is 0 Å². The molecule has 3 nitrogen and oxygen atoms in total. The van der Waals surface area contributed by atoms with Gasteiger partial charge >= 0.3 is 0 Å². The molecule has 2 aliphatic heterocycles. The van der Waals surface area contributed by atoms with E-state index < -0.39 is 0 Å². The van der Waals surface area contributed by atoms with Gasteiger partial charge in [0.15, 0.2) is 0 Å². The molecule has 2 unspecified atom stereocenters. The Bertz CT molecular complexity index is 179. The van der Waals surface area contributed by atoms with Crippen molar-refractivity contribution in [2.24, 2.45) is 0 Å². The quantitative estimate of drug-likeness (QED) is 0.444. The predicted octanol–water partition coefficient (Wildman–Crippen LogP) is 0.828. The van der Waals surface area contributed by atoms with E-state index in [1.165, 1.54) is 0 Å². The van der Waals surface area contributed by atoms with Crippen molar-refractivity contribution in [2.45, 2.75) is 12.2 Å². The van der Waals surface area contributed by atoms with Crippen molar-refractivity contribution in [3.05, 3.63) is 24.7 Å². The van der Waals surface area contributed by atoms with Gasteiger partial charge in [-0.3, -0.25) is 0 Å². The standard InChI is InChI=1S/C8H10O3/c1-5(7-3-9-7)11-6(2)8-4-10-8/h7-8H,1-4H2. The van der Waals surface area contributed by atoms with Crippen LogP contribution in [0.1, 0.15) is 0 Å².